The Morgan fingerprint density at radius 2 is 1.95 bits per heavy atom. The van der Waals surface area contributed by atoms with E-state index in [0.29, 0.717) is 35.7 Å². The first kappa shape index (κ1) is 29.9. The van der Waals surface area contributed by atoms with Crippen molar-refractivity contribution in [3.63, 3.8) is 0 Å². The summed E-state index contributed by atoms with van der Waals surface area (Å²) in [6.45, 7) is 4.21. The number of hydrogen-bond acceptors (Lipinski definition) is 5. The number of rotatable bonds is 10. The molecule has 39 heavy (non-hydrogen) atoms. The Kier molecular flexibility index (Phi) is 10.6. The average Bonchev–Trinajstić information content (AvgIpc) is 3.40. The summed E-state index contributed by atoms with van der Waals surface area (Å²) < 4.78 is 33.4. The van der Waals surface area contributed by atoms with Crippen molar-refractivity contribution < 1.29 is 27.9 Å². The standard InChI is InChI=1S/C28H31FN4O3S.F2/c1-17-25(31-18(2)26(17)28(35)33(4)11-10-30-3)14-23-22-13-21(8-9-24(22)32-27(23)34)37-15-19-6-5-7-20(12-19)36-16-29;1-2/h5-9,12-14,30-31H,10-11,15-16H2,1-4H3,(H,32,34);/b23-14-;. The Balaban J connectivity index is 0.00000205. The molecule has 3 N–H and O–H groups in total. The van der Waals surface area contributed by atoms with Crippen molar-refractivity contribution in [3.8, 4) is 5.75 Å². The minimum Gasteiger partial charge on any atom is -0.463 e. The number of hydrogen-bond donors (Lipinski definition) is 3. The number of aromatic nitrogens is 1. The summed E-state index contributed by atoms with van der Waals surface area (Å²) in [6.07, 6.45) is 1.82. The second kappa shape index (κ2) is 13.9. The van der Waals surface area contributed by atoms with Gasteiger partial charge < -0.3 is 25.3 Å². The number of anilines is 1. The number of aromatic amines is 1. The van der Waals surface area contributed by atoms with Gasteiger partial charge in [0.25, 0.3) is 11.8 Å². The minimum absolute atomic E-state index is 0.0536. The van der Waals surface area contributed by atoms with E-state index in [9.17, 15) is 14.0 Å². The summed E-state index contributed by atoms with van der Waals surface area (Å²) in [5.74, 6) is 0.933. The Bertz CT molecular complexity index is 1360. The fourth-order valence-corrected chi connectivity index (χ4v) is 5.19. The maximum Gasteiger partial charge on any atom is 0.256 e. The maximum absolute atomic E-state index is 13.0. The highest BCUT2D eigenvalue weighted by Gasteiger charge is 2.26. The molecule has 1 aromatic heterocycles. The molecule has 1 aliphatic rings. The third-order valence-electron chi connectivity index (χ3n) is 6.32. The lowest BCUT2D eigenvalue weighted by Crippen LogP contribution is -2.33. The van der Waals surface area contributed by atoms with Crippen molar-refractivity contribution in [3.05, 3.63) is 76.1 Å². The van der Waals surface area contributed by atoms with E-state index in [4.69, 9.17) is 13.9 Å². The van der Waals surface area contributed by atoms with Gasteiger partial charge in [-0.2, -0.15) is 0 Å². The zero-order valence-electron chi connectivity index (χ0n) is 22.2. The monoisotopic (exact) mass is 560 g/mol. The smallest absolute Gasteiger partial charge is 0.256 e. The summed E-state index contributed by atoms with van der Waals surface area (Å²) in [5, 5.41) is 5.99. The van der Waals surface area contributed by atoms with Crippen molar-refractivity contribution in [1.82, 2.24) is 15.2 Å². The molecular formula is C28H31F3N4O3S. The van der Waals surface area contributed by atoms with Crippen LogP contribution in [-0.2, 0) is 10.5 Å². The van der Waals surface area contributed by atoms with Crippen LogP contribution in [0.25, 0.3) is 11.6 Å². The number of nitrogens with zero attached hydrogens (tertiary/aromatic N) is 1. The molecule has 0 atom stereocenters. The number of likely N-dealkylation sites (N-methyl/N-ethyl adjacent to an activating group) is 2. The molecule has 2 heterocycles. The Morgan fingerprint density at radius 1 is 1.18 bits per heavy atom. The molecule has 1 aliphatic heterocycles. The predicted molar refractivity (Wildman–Crippen MR) is 149 cm³/mol. The Labute approximate surface area is 229 Å². The van der Waals surface area contributed by atoms with Gasteiger partial charge in [0.05, 0.1) is 11.1 Å². The van der Waals surface area contributed by atoms with Gasteiger partial charge >= 0.3 is 0 Å². The lowest BCUT2D eigenvalue weighted by atomic mass is 10.0. The molecule has 0 aliphatic carbocycles. The number of aryl methyl sites for hydroxylation is 1. The van der Waals surface area contributed by atoms with E-state index in [1.165, 1.54) is 0 Å². The second-order valence-corrected chi connectivity index (χ2v) is 9.95. The van der Waals surface area contributed by atoms with Crippen LogP contribution in [-0.4, -0.2) is 55.7 Å². The number of ether oxygens (including phenoxy) is 1. The molecule has 3 aromatic rings. The van der Waals surface area contributed by atoms with E-state index >= 15 is 0 Å². The van der Waals surface area contributed by atoms with Gasteiger partial charge in [-0.1, -0.05) is 12.1 Å². The van der Waals surface area contributed by atoms with Crippen molar-refractivity contribution in [2.24, 2.45) is 0 Å². The van der Waals surface area contributed by atoms with Crippen LogP contribution in [0.5, 0.6) is 5.75 Å². The van der Waals surface area contributed by atoms with Crippen LogP contribution < -0.4 is 15.4 Å². The first-order chi connectivity index (χ1) is 18.8. The van der Waals surface area contributed by atoms with Gasteiger partial charge in [0.15, 0.2) is 0 Å². The number of alkyl halides is 1. The topological polar surface area (TPSA) is 86.5 Å². The summed E-state index contributed by atoms with van der Waals surface area (Å²) in [5.41, 5.74) is 6.08. The van der Waals surface area contributed by atoms with Crippen LogP contribution >= 0.6 is 11.8 Å². The minimum atomic E-state index is -0.861. The molecule has 0 saturated heterocycles. The number of halogens is 3. The number of carbonyl (C=O) groups excluding carboxylic acids is 2. The van der Waals surface area contributed by atoms with Crippen LogP contribution in [0, 0.1) is 13.8 Å². The van der Waals surface area contributed by atoms with Crippen molar-refractivity contribution in [2.75, 3.05) is 39.4 Å². The van der Waals surface area contributed by atoms with Crippen LogP contribution in [0.2, 0.25) is 0 Å². The van der Waals surface area contributed by atoms with Gasteiger partial charge in [0.2, 0.25) is 6.86 Å². The molecular weight excluding hydrogens is 529 g/mol. The van der Waals surface area contributed by atoms with E-state index in [1.807, 2.05) is 63.4 Å². The van der Waals surface area contributed by atoms with Crippen LogP contribution in [0.15, 0.2) is 47.4 Å². The number of amides is 2. The second-order valence-electron chi connectivity index (χ2n) is 8.90. The van der Waals surface area contributed by atoms with Gasteiger partial charge in [0, 0.05) is 62.6 Å². The van der Waals surface area contributed by atoms with Crippen LogP contribution in [0.1, 0.15) is 38.4 Å². The van der Waals surface area contributed by atoms with Gasteiger partial charge in [-0.25, -0.2) is 4.39 Å². The third kappa shape index (κ3) is 7.04. The number of benzene rings is 2. The maximum atomic E-state index is 13.0. The molecule has 7 nitrogen and oxygen atoms in total. The normalized spacial score (nSPS) is 13.0. The molecule has 0 unspecified atom stereocenters. The van der Waals surface area contributed by atoms with Gasteiger partial charge in [-0.15, -0.1) is 11.8 Å². The van der Waals surface area contributed by atoms with Crippen molar-refractivity contribution in [2.45, 2.75) is 24.5 Å². The molecule has 0 saturated carbocycles. The number of thioether (sulfide) groups is 1. The highest BCUT2D eigenvalue weighted by molar-refractivity contribution is 7.98. The molecule has 4 rings (SSSR count). The van der Waals surface area contributed by atoms with Gasteiger partial charge in [-0.3, -0.25) is 9.59 Å². The zero-order valence-corrected chi connectivity index (χ0v) is 23.0. The fourth-order valence-electron chi connectivity index (χ4n) is 4.31. The highest BCUT2D eigenvalue weighted by atomic mass is 32.2. The first-order valence-electron chi connectivity index (χ1n) is 12.1. The van der Waals surface area contributed by atoms with Crippen molar-refractivity contribution in [1.29, 1.82) is 0 Å². The summed E-state index contributed by atoms with van der Waals surface area (Å²) in [6, 6.07) is 13.2. The Hall–Kier alpha value is -3.70. The molecule has 0 bridgehead atoms. The average molecular weight is 561 g/mol. The molecule has 2 amide bonds. The van der Waals surface area contributed by atoms with E-state index in [0.717, 1.165) is 38.7 Å². The molecule has 0 radical (unpaired) electrons. The third-order valence-corrected chi connectivity index (χ3v) is 7.39. The molecule has 208 valence electrons. The SMILES string of the molecule is CNCCN(C)C(=O)c1c(C)[nH]c(/C=C2\C(=O)Nc3ccc(SCc4cccc(OCF)c4)cc32)c1C.FF. The largest absolute Gasteiger partial charge is 0.463 e. The zero-order chi connectivity index (χ0) is 28.5. The summed E-state index contributed by atoms with van der Waals surface area (Å²) in [7, 11) is 3.64. The van der Waals surface area contributed by atoms with E-state index in [2.05, 4.69) is 15.6 Å². The van der Waals surface area contributed by atoms with Crippen LogP contribution in [0.4, 0.5) is 19.2 Å². The Morgan fingerprint density at radius 3 is 2.67 bits per heavy atom. The lowest BCUT2D eigenvalue weighted by molar-refractivity contribution is -0.110. The predicted octanol–water partition coefficient (Wildman–Crippen LogP) is 5.85. The lowest BCUT2D eigenvalue weighted by Gasteiger charge is -2.17. The number of H-pyrrole nitrogens is 1. The van der Waals surface area contributed by atoms with E-state index < -0.39 is 6.86 Å². The van der Waals surface area contributed by atoms with Crippen LogP contribution in [0.3, 0.4) is 0 Å². The molecule has 2 aromatic carbocycles. The highest BCUT2D eigenvalue weighted by Crippen LogP contribution is 2.37. The van der Waals surface area contributed by atoms with E-state index in [1.54, 1.807) is 29.8 Å². The molecule has 0 spiro atoms. The summed E-state index contributed by atoms with van der Waals surface area (Å²) in [4.78, 5) is 31.9. The van der Waals surface area contributed by atoms with Crippen molar-refractivity contribution >= 4 is 40.9 Å². The van der Waals surface area contributed by atoms with E-state index in [-0.39, 0.29) is 11.8 Å². The fraction of sp³-hybridized carbons (Fsp3) is 0.286. The number of nitrogens with one attached hydrogen (secondary N) is 3. The molecule has 11 heteroatoms. The van der Waals surface area contributed by atoms with Gasteiger partial charge in [0.1, 0.15) is 5.75 Å². The molecule has 0 fully saturated rings. The quantitative estimate of drug-likeness (QED) is 0.214. The first-order valence-corrected chi connectivity index (χ1v) is 13.1. The number of fused-ring (bicyclic) bond motifs is 1. The number of carbonyl (C=O) groups is 2. The summed E-state index contributed by atoms with van der Waals surface area (Å²) >= 11 is 1.62. The van der Waals surface area contributed by atoms with Gasteiger partial charge in [-0.05, 0) is 68.4 Å².